The predicted molar refractivity (Wildman–Crippen MR) is 52.4 cm³/mol. The molecule has 0 atom stereocenters. The van der Waals surface area contributed by atoms with Crippen LogP contribution >= 0.6 is 0 Å². The smallest absolute Gasteiger partial charge is 0.243 e. The molecule has 1 aromatic rings. The van der Waals surface area contributed by atoms with E-state index in [0.717, 1.165) is 0 Å². The molecule has 1 aromatic heterocycles. The van der Waals surface area contributed by atoms with Gasteiger partial charge >= 0.3 is 0 Å². The monoisotopic (exact) mass is 216 g/mol. The van der Waals surface area contributed by atoms with E-state index in [1.165, 1.54) is 12.4 Å². The van der Waals surface area contributed by atoms with Crippen molar-refractivity contribution in [3.8, 4) is 0 Å². The van der Waals surface area contributed by atoms with Crippen molar-refractivity contribution in [3.63, 3.8) is 0 Å². The molecule has 0 amide bonds. The zero-order valence-corrected chi connectivity index (χ0v) is 8.80. The fraction of sp³-hybridized carbons (Fsp3) is 0.429. The van der Waals surface area contributed by atoms with Gasteiger partial charge in [-0.15, -0.1) is 0 Å². The summed E-state index contributed by atoms with van der Waals surface area (Å²) in [7, 11) is -1.78. The molecule has 0 aromatic carbocycles. The largest absolute Gasteiger partial charge is 0.357 e. The lowest BCUT2D eigenvalue weighted by Crippen LogP contribution is -2.23. The van der Waals surface area contributed by atoms with Gasteiger partial charge in [0, 0.05) is 13.6 Å². The zero-order chi connectivity index (χ0) is 10.6. The highest BCUT2D eigenvalue weighted by Crippen LogP contribution is 2.06. The molecule has 0 aliphatic carbocycles. The quantitative estimate of drug-likeness (QED) is 0.729. The second-order valence-electron chi connectivity index (χ2n) is 2.49. The third kappa shape index (κ3) is 2.39. The lowest BCUT2D eigenvalue weighted by atomic mass is 10.7. The first kappa shape index (κ1) is 10.9. The van der Waals surface area contributed by atoms with Crippen molar-refractivity contribution in [2.24, 2.45) is 0 Å². The maximum Gasteiger partial charge on any atom is 0.243 e. The molecule has 0 radical (unpaired) electrons. The topological polar surface area (TPSA) is 84.0 Å². The third-order valence-electron chi connectivity index (χ3n) is 1.50. The second kappa shape index (κ2) is 4.34. The molecule has 0 aliphatic heterocycles. The summed E-state index contributed by atoms with van der Waals surface area (Å²) in [5.74, 6) is 0.389. The standard InChI is InChI=1S/C7H12N4O2S/c1-3-11-14(12,13)6-4-9-7(8-2)10-5-6/h4-5,11H,3H2,1-2H3,(H,8,9,10). The Balaban J connectivity index is 2.97. The number of nitrogens with zero attached hydrogens (tertiary/aromatic N) is 2. The lowest BCUT2D eigenvalue weighted by molar-refractivity contribution is 0.583. The molecule has 0 saturated heterocycles. The van der Waals surface area contributed by atoms with E-state index in [0.29, 0.717) is 12.5 Å². The van der Waals surface area contributed by atoms with E-state index in [2.05, 4.69) is 20.0 Å². The average Bonchev–Trinajstić information content (AvgIpc) is 2.18. The van der Waals surface area contributed by atoms with Crippen LogP contribution in [0.2, 0.25) is 0 Å². The van der Waals surface area contributed by atoms with E-state index in [1.807, 2.05) is 0 Å². The molecular weight excluding hydrogens is 204 g/mol. The molecule has 0 spiro atoms. The molecule has 1 rings (SSSR count). The van der Waals surface area contributed by atoms with Gasteiger partial charge in [0.25, 0.3) is 0 Å². The van der Waals surface area contributed by atoms with E-state index in [1.54, 1.807) is 14.0 Å². The van der Waals surface area contributed by atoms with Crippen LogP contribution in [0.5, 0.6) is 0 Å². The van der Waals surface area contributed by atoms with Crippen LogP contribution in [0.25, 0.3) is 0 Å². The Morgan fingerprint density at radius 3 is 2.36 bits per heavy atom. The van der Waals surface area contributed by atoms with Crippen LogP contribution in [-0.4, -0.2) is 32.0 Å². The number of aromatic nitrogens is 2. The van der Waals surface area contributed by atoms with Gasteiger partial charge < -0.3 is 5.32 Å². The molecule has 0 aliphatic rings. The highest BCUT2D eigenvalue weighted by atomic mass is 32.2. The Kier molecular flexibility index (Phi) is 3.37. The number of nitrogens with one attached hydrogen (secondary N) is 2. The average molecular weight is 216 g/mol. The van der Waals surface area contributed by atoms with E-state index in [-0.39, 0.29) is 4.90 Å². The first-order chi connectivity index (χ1) is 6.60. The third-order valence-corrected chi connectivity index (χ3v) is 3.00. The Hall–Kier alpha value is -1.21. The SMILES string of the molecule is CCNS(=O)(=O)c1cnc(NC)nc1. The Morgan fingerprint density at radius 2 is 1.93 bits per heavy atom. The van der Waals surface area contributed by atoms with Gasteiger partial charge in [0.05, 0.1) is 12.4 Å². The van der Waals surface area contributed by atoms with Crippen molar-refractivity contribution in [1.82, 2.24) is 14.7 Å². The van der Waals surface area contributed by atoms with Crippen LogP contribution < -0.4 is 10.0 Å². The molecule has 0 bridgehead atoms. The number of rotatable bonds is 4. The summed E-state index contributed by atoms with van der Waals surface area (Å²) in [5.41, 5.74) is 0. The number of sulfonamides is 1. The van der Waals surface area contributed by atoms with Gasteiger partial charge in [0.15, 0.2) is 0 Å². The van der Waals surface area contributed by atoms with E-state index in [9.17, 15) is 8.42 Å². The van der Waals surface area contributed by atoms with Gasteiger partial charge in [-0.25, -0.2) is 23.1 Å². The van der Waals surface area contributed by atoms with Crippen LogP contribution in [0.3, 0.4) is 0 Å². The normalized spacial score (nSPS) is 11.3. The maximum absolute atomic E-state index is 11.4. The van der Waals surface area contributed by atoms with Gasteiger partial charge in [-0.1, -0.05) is 6.92 Å². The summed E-state index contributed by atoms with van der Waals surface area (Å²) in [4.78, 5) is 7.68. The molecule has 6 nitrogen and oxygen atoms in total. The second-order valence-corrected chi connectivity index (χ2v) is 4.26. The van der Waals surface area contributed by atoms with Crippen molar-refractivity contribution in [2.75, 3.05) is 18.9 Å². The molecule has 0 unspecified atom stereocenters. The molecule has 2 N–H and O–H groups in total. The Bertz CT molecular complexity index is 387. The number of anilines is 1. The molecule has 7 heteroatoms. The summed E-state index contributed by atoms with van der Waals surface area (Å²) < 4.78 is 25.2. The van der Waals surface area contributed by atoms with Gasteiger partial charge in [-0.05, 0) is 0 Å². The Morgan fingerprint density at radius 1 is 1.36 bits per heavy atom. The minimum Gasteiger partial charge on any atom is -0.357 e. The van der Waals surface area contributed by atoms with Crippen LogP contribution in [-0.2, 0) is 10.0 Å². The number of hydrogen-bond acceptors (Lipinski definition) is 5. The maximum atomic E-state index is 11.4. The Labute approximate surface area is 82.8 Å². The molecule has 0 fully saturated rings. The summed E-state index contributed by atoms with van der Waals surface area (Å²) in [6, 6.07) is 0. The fourth-order valence-corrected chi connectivity index (χ4v) is 1.79. The first-order valence-electron chi connectivity index (χ1n) is 4.09. The van der Waals surface area contributed by atoms with Gasteiger partial charge in [-0.3, -0.25) is 0 Å². The lowest BCUT2D eigenvalue weighted by Gasteiger charge is -2.03. The van der Waals surface area contributed by atoms with Crippen molar-refractivity contribution in [2.45, 2.75) is 11.8 Å². The molecule has 1 heterocycles. The fourth-order valence-electron chi connectivity index (χ4n) is 0.857. The van der Waals surface area contributed by atoms with E-state index < -0.39 is 10.0 Å². The van der Waals surface area contributed by atoms with Gasteiger partial charge in [0.1, 0.15) is 4.90 Å². The highest BCUT2D eigenvalue weighted by molar-refractivity contribution is 7.89. The van der Waals surface area contributed by atoms with Crippen molar-refractivity contribution >= 4 is 16.0 Å². The molecule has 0 saturated carbocycles. The van der Waals surface area contributed by atoms with Crippen LogP contribution in [0.4, 0.5) is 5.95 Å². The van der Waals surface area contributed by atoms with Crippen LogP contribution in [0, 0.1) is 0 Å². The van der Waals surface area contributed by atoms with Gasteiger partial charge in [0.2, 0.25) is 16.0 Å². The van der Waals surface area contributed by atoms with Crippen LogP contribution in [0.15, 0.2) is 17.3 Å². The summed E-state index contributed by atoms with van der Waals surface area (Å²) in [6.45, 7) is 2.05. The van der Waals surface area contributed by atoms with E-state index in [4.69, 9.17) is 0 Å². The predicted octanol–water partition coefficient (Wildman–Crippen LogP) is -0.184. The van der Waals surface area contributed by atoms with Crippen molar-refractivity contribution in [1.29, 1.82) is 0 Å². The van der Waals surface area contributed by atoms with Crippen molar-refractivity contribution in [3.05, 3.63) is 12.4 Å². The van der Waals surface area contributed by atoms with Gasteiger partial charge in [-0.2, -0.15) is 0 Å². The minimum absolute atomic E-state index is 0.0679. The zero-order valence-electron chi connectivity index (χ0n) is 7.98. The molecular formula is C7H12N4O2S. The molecule has 78 valence electrons. The summed E-state index contributed by atoms with van der Waals surface area (Å²) in [6.07, 6.45) is 2.52. The first-order valence-corrected chi connectivity index (χ1v) is 5.58. The molecule has 14 heavy (non-hydrogen) atoms. The summed E-state index contributed by atoms with van der Waals surface area (Å²) >= 11 is 0. The summed E-state index contributed by atoms with van der Waals surface area (Å²) in [5, 5.41) is 2.70. The van der Waals surface area contributed by atoms with Crippen LogP contribution in [0.1, 0.15) is 6.92 Å². The minimum atomic E-state index is -3.44. The van der Waals surface area contributed by atoms with E-state index >= 15 is 0 Å². The highest BCUT2D eigenvalue weighted by Gasteiger charge is 2.12. The van der Waals surface area contributed by atoms with Crippen molar-refractivity contribution < 1.29 is 8.42 Å². The number of hydrogen-bond donors (Lipinski definition) is 2.